The zero-order valence-corrected chi connectivity index (χ0v) is 12.4. The Morgan fingerprint density at radius 2 is 2.05 bits per heavy atom. The van der Waals surface area contributed by atoms with Crippen LogP contribution in [0.15, 0.2) is 24.3 Å². The lowest BCUT2D eigenvalue weighted by Gasteiger charge is -2.46. The molecule has 0 saturated carbocycles. The van der Waals surface area contributed by atoms with Gasteiger partial charge < -0.3 is 5.73 Å². The van der Waals surface area contributed by atoms with Crippen LogP contribution in [0.5, 0.6) is 0 Å². The van der Waals surface area contributed by atoms with Crippen molar-refractivity contribution in [3.8, 4) is 0 Å². The first-order chi connectivity index (χ1) is 9.73. The minimum atomic E-state index is -0.904. The number of nitrogens with zero attached hydrogens (tertiary/aromatic N) is 1. The number of amides is 2. The third-order valence-electron chi connectivity index (χ3n) is 3.86. The molecule has 0 aliphatic carbocycles. The van der Waals surface area contributed by atoms with Crippen LogP contribution in [0.1, 0.15) is 32.4 Å². The summed E-state index contributed by atoms with van der Waals surface area (Å²) in [5, 5.41) is 2.32. The largest absolute Gasteiger partial charge is 0.326 e. The normalized spacial score (nSPS) is 21.8. The van der Waals surface area contributed by atoms with Crippen LogP contribution in [0.2, 0.25) is 0 Å². The summed E-state index contributed by atoms with van der Waals surface area (Å²) in [6, 6.07) is 5.29. The van der Waals surface area contributed by atoms with Gasteiger partial charge in [0.2, 0.25) is 11.8 Å². The summed E-state index contributed by atoms with van der Waals surface area (Å²) >= 11 is 0. The first kappa shape index (κ1) is 15.6. The Labute approximate surface area is 123 Å². The molecule has 0 aromatic heterocycles. The zero-order valence-electron chi connectivity index (χ0n) is 12.4. The predicted molar refractivity (Wildman–Crippen MR) is 76.7 cm³/mol. The molecule has 3 N–H and O–H groups in total. The van der Waals surface area contributed by atoms with E-state index in [9.17, 15) is 14.0 Å². The molecule has 1 aromatic carbocycles. The molecule has 0 radical (unpaired) electrons. The lowest BCUT2D eigenvalue weighted by Crippen LogP contribution is -2.66. The highest BCUT2D eigenvalue weighted by Gasteiger charge is 2.45. The number of piperazine rings is 1. The van der Waals surface area contributed by atoms with E-state index in [-0.39, 0.29) is 30.2 Å². The fraction of sp³-hybridized carbons (Fsp3) is 0.467. The van der Waals surface area contributed by atoms with E-state index >= 15 is 0 Å². The number of rotatable bonds is 3. The van der Waals surface area contributed by atoms with Crippen molar-refractivity contribution in [2.24, 2.45) is 5.73 Å². The van der Waals surface area contributed by atoms with Crippen LogP contribution >= 0.6 is 0 Å². The van der Waals surface area contributed by atoms with E-state index in [0.717, 1.165) is 0 Å². The Bertz CT molecular complexity index is 572. The number of nitrogens with one attached hydrogen (secondary N) is 1. The van der Waals surface area contributed by atoms with E-state index in [1.54, 1.807) is 37.8 Å². The Hall–Kier alpha value is -1.79. The highest BCUT2D eigenvalue weighted by Crippen LogP contribution is 2.32. The quantitative estimate of drug-likeness (QED) is 0.814. The van der Waals surface area contributed by atoms with Gasteiger partial charge in [-0.3, -0.25) is 19.8 Å². The third kappa shape index (κ3) is 2.96. The van der Waals surface area contributed by atoms with Crippen molar-refractivity contribution >= 4 is 11.8 Å². The van der Waals surface area contributed by atoms with Crippen LogP contribution in [0, 0.1) is 5.82 Å². The summed E-state index contributed by atoms with van der Waals surface area (Å²) in [4.78, 5) is 25.5. The average molecular weight is 293 g/mol. The van der Waals surface area contributed by atoms with Gasteiger partial charge in [-0.05, 0) is 38.5 Å². The first-order valence-electron chi connectivity index (χ1n) is 6.85. The van der Waals surface area contributed by atoms with E-state index in [1.807, 2.05) is 0 Å². The summed E-state index contributed by atoms with van der Waals surface area (Å²) < 4.78 is 13.5. The summed E-state index contributed by atoms with van der Waals surface area (Å²) in [5.74, 6) is -1.12. The molecular weight excluding hydrogens is 273 g/mol. The molecule has 0 spiro atoms. The number of carbonyl (C=O) groups is 2. The van der Waals surface area contributed by atoms with Crippen LogP contribution in [0.3, 0.4) is 0 Å². The van der Waals surface area contributed by atoms with Crippen LogP contribution in [-0.2, 0) is 9.59 Å². The highest BCUT2D eigenvalue weighted by atomic mass is 19.1. The Balaban J connectivity index is 2.46. The van der Waals surface area contributed by atoms with Gasteiger partial charge >= 0.3 is 0 Å². The van der Waals surface area contributed by atoms with Crippen LogP contribution < -0.4 is 11.1 Å². The van der Waals surface area contributed by atoms with Gasteiger partial charge in [-0.15, -0.1) is 0 Å². The van der Waals surface area contributed by atoms with Crippen molar-refractivity contribution in [3.63, 3.8) is 0 Å². The number of imide groups is 1. The number of halogens is 1. The van der Waals surface area contributed by atoms with E-state index in [2.05, 4.69) is 5.32 Å². The van der Waals surface area contributed by atoms with Gasteiger partial charge in [-0.2, -0.15) is 0 Å². The van der Waals surface area contributed by atoms with Crippen molar-refractivity contribution in [3.05, 3.63) is 35.6 Å². The van der Waals surface area contributed by atoms with Gasteiger partial charge in [0, 0.05) is 6.04 Å². The first-order valence-corrected chi connectivity index (χ1v) is 6.85. The number of carbonyl (C=O) groups excluding carboxylic acids is 2. The van der Waals surface area contributed by atoms with E-state index in [0.29, 0.717) is 5.56 Å². The van der Waals surface area contributed by atoms with Crippen LogP contribution in [-0.4, -0.2) is 34.8 Å². The maximum absolute atomic E-state index is 13.5. The second-order valence-corrected chi connectivity index (χ2v) is 5.92. The summed E-state index contributed by atoms with van der Waals surface area (Å²) in [6.45, 7) is 5.27. The molecule has 1 aromatic rings. The Kier molecular flexibility index (Phi) is 4.11. The standard InChI is InChI=1S/C15H20FN3O2/c1-9(17)13(10-5-4-6-11(16)7-10)19-8-12(20)18-14(21)15(19,2)3/h4-7,9,13H,8,17H2,1-3H3,(H,18,20,21). The van der Waals surface area contributed by atoms with E-state index in [4.69, 9.17) is 5.73 Å². The number of benzene rings is 1. The van der Waals surface area contributed by atoms with Gasteiger partial charge in [-0.1, -0.05) is 12.1 Å². The number of hydrogen-bond donors (Lipinski definition) is 2. The SMILES string of the molecule is CC(N)C(c1cccc(F)c1)N1CC(=O)NC(=O)C1(C)C. The predicted octanol–water partition coefficient (Wildman–Crippen LogP) is 0.951. The fourth-order valence-electron chi connectivity index (χ4n) is 2.71. The number of hydrogen-bond acceptors (Lipinski definition) is 4. The second kappa shape index (κ2) is 5.54. The molecule has 114 valence electrons. The minimum Gasteiger partial charge on any atom is -0.326 e. The van der Waals surface area contributed by atoms with Crippen molar-refractivity contribution in [2.45, 2.75) is 38.4 Å². The molecule has 2 rings (SSSR count). The van der Waals surface area contributed by atoms with Crippen LogP contribution in [0.25, 0.3) is 0 Å². The third-order valence-corrected chi connectivity index (χ3v) is 3.86. The molecular formula is C15H20FN3O2. The monoisotopic (exact) mass is 293 g/mol. The molecule has 21 heavy (non-hydrogen) atoms. The number of nitrogens with two attached hydrogens (primary N) is 1. The molecule has 1 aliphatic rings. The van der Waals surface area contributed by atoms with Crippen molar-refractivity contribution in [2.75, 3.05) is 6.54 Å². The summed E-state index contributed by atoms with van der Waals surface area (Å²) in [7, 11) is 0. The van der Waals surface area contributed by atoms with E-state index < -0.39 is 11.6 Å². The van der Waals surface area contributed by atoms with Crippen molar-refractivity contribution < 1.29 is 14.0 Å². The fourth-order valence-corrected chi connectivity index (χ4v) is 2.71. The van der Waals surface area contributed by atoms with E-state index in [1.165, 1.54) is 12.1 Å². The molecule has 1 fully saturated rings. The average Bonchev–Trinajstić information content (AvgIpc) is 2.35. The van der Waals surface area contributed by atoms with Gasteiger partial charge in [0.25, 0.3) is 0 Å². The van der Waals surface area contributed by atoms with Gasteiger partial charge in [0.05, 0.1) is 18.1 Å². The lowest BCUT2D eigenvalue weighted by atomic mass is 9.90. The molecule has 5 nitrogen and oxygen atoms in total. The molecule has 0 bridgehead atoms. The molecule has 1 saturated heterocycles. The summed E-state index contributed by atoms with van der Waals surface area (Å²) in [5.41, 5.74) is 5.80. The maximum atomic E-state index is 13.5. The van der Waals surface area contributed by atoms with Crippen molar-refractivity contribution in [1.29, 1.82) is 0 Å². The Morgan fingerprint density at radius 1 is 1.38 bits per heavy atom. The molecule has 1 heterocycles. The van der Waals surface area contributed by atoms with Crippen LogP contribution in [0.4, 0.5) is 4.39 Å². The molecule has 2 atom stereocenters. The molecule has 1 aliphatic heterocycles. The topological polar surface area (TPSA) is 75.4 Å². The summed E-state index contributed by atoms with van der Waals surface area (Å²) in [6.07, 6.45) is 0. The smallest absolute Gasteiger partial charge is 0.246 e. The zero-order chi connectivity index (χ0) is 15.8. The highest BCUT2D eigenvalue weighted by molar-refractivity contribution is 6.03. The molecule has 6 heteroatoms. The molecule has 2 amide bonds. The van der Waals surface area contributed by atoms with Gasteiger partial charge in [-0.25, -0.2) is 4.39 Å². The van der Waals surface area contributed by atoms with Crippen molar-refractivity contribution in [1.82, 2.24) is 10.2 Å². The molecule has 2 unspecified atom stereocenters. The Morgan fingerprint density at radius 3 is 2.62 bits per heavy atom. The maximum Gasteiger partial charge on any atom is 0.246 e. The minimum absolute atomic E-state index is 0.0431. The second-order valence-electron chi connectivity index (χ2n) is 5.92. The van der Waals surface area contributed by atoms with Gasteiger partial charge in [0.1, 0.15) is 5.82 Å². The lowest BCUT2D eigenvalue weighted by molar-refractivity contribution is -0.147. The van der Waals surface area contributed by atoms with Gasteiger partial charge in [0.15, 0.2) is 0 Å².